The molecule has 0 aliphatic heterocycles. The predicted octanol–water partition coefficient (Wildman–Crippen LogP) is 2.65. The van der Waals surface area contributed by atoms with Crippen molar-refractivity contribution in [1.29, 1.82) is 0 Å². The molecule has 1 nitrogen and oxygen atoms in total. The lowest BCUT2D eigenvalue weighted by Crippen LogP contribution is -1.99. The summed E-state index contributed by atoms with van der Waals surface area (Å²) in [5.41, 5.74) is 3.28. The van der Waals surface area contributed by atoms with Gasteiger partial charge in [-0.3, -0.25) is 0 Å². The summed E-state index contributed by atoms with van der Waals surface area (Å²) >= 11 is 4.43. The van der Waals surface area contributed by atoms with E-state index in [0.29, 0.717) is 0 Å². The quantitative estimate of drug-likeness (QED) is 0.574. The topological polar surface area (TPSA) is 20.2 Å². The highest BCUT2D eigenvalue weighted by Crippen LogP contribution is 2.29. The smallest absolute Gasteiger partial charge is 0.326 e. The first-order chi connectivity index (χ1) is 7.31. The summed E-state index contributed by atoms with van der Waals surface area (Å²) in [6, 6.07) is 8.04. The Morgan fingerprint density at radius 3 is 2.80 bits per heavy atom. The highest BCUT2D eigenvalue weighted by atomic mass is 32.1. The Kier molecular flexibility index (Phi) is 3.34. The zero-order valence-electron chi connectivity index (χ0n) is 8.35. The Hall–Kier alpha value is -0.925. The molecule has 0 bridgehead atoms. The molecule has 0 aromatic heterocycles. The third-order valence-electron chi connectivity index (χ3n) is 2.53. The van der Waals surface area contributed by atoms with Gasteiger partial charge in [-0.15, -0.1) is 12.6 Å². The van der Waals surface area contributed by atoms with E-state index in [0.717, 1.165) is 36.3 Å². The van der Waals surface area contributed by atoms with Gasteiger partial charge >= 0.3 is 7.48 Å². The second kappa shape index (κ2) is 4.73. The standard InChI is InChI=1S/C12H12BOS/c14-13-10-5-3-4-9(8-10)11-6-1-2-7-12(11)15/h1-2,5-8,14-15H,3-4H2. The maximum atomic E-state index is 8.97. The zero-order valence-corrected chi connectivity index (χ0v) is 9.24. The summed E-state index contributed by atoms with van der Waals surface area (Å²) in [5.74, 6) is 0. The van der Waals surface area contributed by atoms with Crippen LogP contribution in [0.2, 0.25) is 0 Å². The highest BCUT2D eigenvalue weighted by Gasteiger charge is 2.09. The third-order valence-corrected chi connectivity index (χ3v) is 2.92. The molecule has 0 saturated heterocycles. The maximum absolute atomic E-state index is 8.97. The molecule has 1 aliphatic rings. The number of thiol groups is 1. The Balaban J connectivity index is 2.36. The molecule has 1 aromatic carbocycles. The fourth-order valence-corrected chi connectivity index (χ4v) is 2.08. The Labute approximate surface area is 96.2 Å². The normalized spacial score (nSPS) is 15.6. The first-order valence-electron chi connectivity index (χ1n) is 4.98. The summed E-state index contributed by atoms with van der Waals surface area (Å²) in [7, 11) is 1.15. The molecule has 1 radical (unpaired) electrons. The fraction of sp³-hybridized carbons (Fsp3) is 0.167. The van der Waals surface area contributed by atoms with Gasteiger partial charge < -0.3 is 5.02 Å². The zero-order chi connectivity index (χ0) is 10.7. The summed E-state index contributed by atoms with van der Waals surface area (Å²) in [4.78, 5) is 0.989. The van der Waals surface area contributed by atoms with Crippen LogP contribution in [-0.4, -0.2) is 12.5 Å². The average Bonchev–Trinajstić information content (AvgIpc) is 2.30. The van der Waals surface area contributed by atoms with Crippen LogP contribution in [0.5, 0.6) is 0 Å². The summed E-state index contributed by atoms with van der Waals surface area (Å²) < 4.78 is 0. The van der Waals surface area contributed by atoms with E-state index in [1.54, 1.807) is 0 Å². The summed E-state index contributed by atoms with van der Waals surface area (Å²) in [6.07, 6.45) is 6.03. The number of hydrogen-bond donors (Lipinski definition) is 2. The molecule has 15 heavy (non-hydrogen) atoms. The molecule has 3 heteroatoms. The number of allylic oxidation sites excluding steroid dienone is 4. The van der Waals surface area contributed by atoms with E-state index in [-0.39, 0.29) is 0 Å². The third kappa shape index (κ3) is 2.36. The van der Waals surface area contributed by atoms with Crippen LogP contribution in [-0.2, 0) is 0 Å². The molecule has 1 aliphatic carbocycles. The molecule has 0 atom stereocenters. The minimum absolute atomic E-state index is 0.882. The highest BCUT2D eigenvalue weighted by molar-refractivity contribution is 7.80. The van der Waals surface area contributed by atoms with Crippen LogP contribution < -0.4 is 0 Å². The largest absolute Gasteiger partial charge is 0.450 e. The van der Waals surface area contributed by atoms with Crippen molar-refractivity contribution in [2.45, 2.75) is 17.7 Å². The monoisotopic (exact) mass is 215 g/mol. The number of rotatable bonds is 2. The second-order valence-electron chi connectivity index (χ2n) is 3.56. The number of benzene rings is 1. The molecule has 0 amide bonds. The van der Waals surface area contributed by atoms with Crippen molar-refractivity contribution >= 4 is 25.7 Å². The lowest BCUT2D eigenvalue weighted by molar-refractivity contribution is 0.611. The van der Waals surface area contributed by atoms with Crippen molar-refractivity contribution in [2.24, 2.45) is 0 Å². The Morgan fingerprint density at radius 2 is 2.07 bits per heavy atom. The lowest BCUT2D eigenvalue weighted by Gasteiger charge is -2.14. The molecule has 0 spiro atoms. The molecular formula is C12H12BOS. The fourth-order valence-electron chi connectivity index (χ4n) is 1.77. The Morgan fingerprint density at radius 1 is 1.27 bits per heavy atom. The second-order valence-corrected chi connectivity index (χ2v) is 4.04. The van der Waals surface area contributed by atoms with Crippen LogP contribution in [0.1, 0.15) is 18.4 Å². The van der Waals surface area contributed by atoms with Crippen molar-refractivity contribution in [1.82, 2.24) is 0 Å². The van der Waals surface area contributed by atoms with Crippen molar-refractivity contribution < 1.29 is 5.02 Å². The average molecular weight is 215 g/mol. The van der Waals surface area contributed by atoms with Gasteiger partial charge in [-0.2, -0.15) is 0 Å². The van der Waals surface area contributed by atoms with Crippen LogP contribution in [0.25, 0.3) is 5.57 Å². The van der Waals surface area contributed by atoms with Gasteiger partial charge in [0.25, 0.3) is 0 Å². The first kappa shape index (κ1) is 10.6. The van der Waals surface area contributed by atoms with E-state index in [2.05, 4.69) is 18.7 Å². The minimum atomic E-state index is 0.882. The van der Waals surface area contributed by atoms with Crippen LogP contribution in [0.4, 0.5) is 0 Å². The SMILES string of the molecule is O[B]C1=CCCC(c2ccccc2S)=C1. The van der Waals surface area contributed by atoms with Gasteiger partial charge in [0.05, 0.1) is 0 Å². The van der Waals surface area contributed by atoms with Gasteiger partial charge in [-0.1, -0.05) is 35.8 Å². The van der Waals surface area contributed by atoms with Crippen LogP contribution >= 0.6 is 12.6 Å². The maximum Gasteiger partial charge on any atom is 0.326 e. The molecule has 75 valence electrons. The van der Waals surface area contributed by atoms with Crippen LogP contribution in [0, 0.1) is 0 Å². The molecule has 0 heterocycles. The molecule has 0 fully saturated rings. The number of hydrogen-bond acceptors (Lipinski definition) is 2. The van der Waals surface area contributed by atoms with Gasteiger partial charge in [0.2, 0.25) is 0 Å². The van der Waals surface area contributed by atoms with E-state index in [1.165, 1.54) is 5.57 Å². The van der Waals surface area contributed by atoms with Crippen molar-refractivity contribution in [3.05, 3.63) is 47.5 Å². The van der Waals surface area contributed by atoms with Crippen LogP contribution in [0.3, 0.4) is 0 Å². The van der Waals surface area contributed by atoms with Crippen molar-refractivity contribution in [3.8, 4) is 0 Å². The summed E-state index contributed by atoms with van der Waals surface area (Å²) in [6.45, 7) is 0. The van der Waals surface area contributed by atoms with E-state index < -0.39 is 0 Å². The predicted molar refractivity (Wildman–Crippen MR) is 67.0 cm³/mol. The van der Waals surface area contributed by atoms with Gasteiger partial charge in [0.1, 0.15) is 0 Å². The van der Waals surface area contributed by atoms with Gasteiger partial charge in [-0.25, -0.2) is 0 Å². The lowest BCUT2D eigenvalue weighted by atomic mass is 9.80. The Bertz CT molecular complexity index is 423. The van der Waals surface area contributed by atoms with Gasteiger partial charge in [0.15, 0.2) is 0 Å². The van der Waals surface area contributed by atoms with E-state index in [4.69, 9.17) is 5.02 Å². The van der Waals surface area contributed by atoms with Crippen molar-refractivity contribution in [2.75, 3.05) is 0 Å². The summed E-state index contributed by atoms with van der Waals surface area (Å²) in [5, 5.41) is 8.97. The molecule has 1 aromatic rings. The van der Waals surface area contributed by atoms with Gasteiger partial charge in [-0.05, 0) is 30.0 Å². The molecule has 0 saturated carbocycles. The minimum Gasteiger partial charge on any atom is -0.450 e. The molecule has 1 N–H and O–H groups in total. The molecular weight excluding hydrogens is 203 g/mol. The van der Waals surface area contributed by atoms with E-state index >= 15 is 0 Å². The van der Waals surface area contributed by atoms with Gasteiger partial charge in [0, 0.05) is 4.90 Å². The molecule has 2 rings (SSSR count). The van der Waals surface area contributed by atoms with Crippen molar-refractivity contribution in [3.63, 3.8) is 0 Å². The van der Waals surface area contributed by atoms with E-state index in [9.17, 15) is 0 Å². The molecule has 0 unspecified atom stereocenters. The van der Waals surface area contributed by atoms with E-state index in [1.807, 2.05) is 30.4 Å². The first-order valence-corrected chi connectivity index (χ1v) is 5.42. The van der Waals surface area contributed by atoms with Crippen LogP contribution in [0.15, 0.2) is 46.8 Å².